The van der Waals surface area contributed by atoms with Gasteiger partial charge in [0.2, 0.25) is 0 Å². The molecule has 0 radical (unpaired) electrons. The largest absolute Gasteiger partial charge is 0.229 e. The monoisotopic (exact) mass is 275 g/mol. The fourth-order valence-corrected chi connectivity index (χ4v) is 5.19. The van der Waals surface area contributed by atoms with Crippen molar-refractivity contribution in [2.24, 2.45) is 5.41 Å². The smallest absolute Gasteiger partial charge is 0.151 e. The summed E-state index contributed by atoms with van der Waals surface area (Å²) in [6, 6.07) is 5.81. The van der Waals surface area contributed by atoms with E-state index in [2.05, 4.69) is 6.07 Å². The van der Waals surface area contributed by atoms with Crippen LogP contribution in [-0.2, 0) is 16.3 Å². The van der Waals surface area contributed by atoms with Crippen molar-refractivity contribution in [2.45, 2.75) is 12.8 Å². The summed E-state index contributed by atoms with van der Waals surface area (Å²) in [7, 11) is -3.03. The molecule has 1 aliphatic rings. The van der Waals surface area contributed by atoms with Gasteiger partial charge in [-0.15, -0.1) is 11.3 Å². The first kappa shape index (κ1) is 11.9. The van der Waals surface area contributed by atoms with Crippen LogP contribution in [0.2, 0.25) is 4.34 Å². The van der Waals surface area contributed by atoms with E-state index in [4.69, 9.17) is 11.6 Å². The molecule has 2 heterocycles. The van der Waals surface area contributed by atoms with Crippen molar-refractivity contribution in [1.29, 1.82) is 5.26 Å². The van der Waals surface area contributed by atoms with Gasteiger partial charge >= 0.3 is 0 Å². The number of sulfone groups is 1. The van der Waals surface area contributed by atoms with Gasteiger partial charge in [0.15, 0.2) is 9.84 Å². The summed E-state index contributed by atoms with van der Waals surface area (Å²) in [4.78, 5) is 0.976. The lowest BCUT2D eigenvalue weighted by Gasteiger charge is -2.16. The third kappa shape index (κ3) is 2.40. The lowest BCUT2D eigenvalue weighted by atomic mass is 9.85. The van der Waals surface area contributed by atoms with E-state index in [1.165, 1.54) is 11.3 Å². The number of halogens is 1. The van der Waals surface area contributed by atoms with Gasteiger partial charge in [0.05, 0.1) is 27.3 Å². The molecule has 0 bridgehead atoms. The number of rotatable bonds is 2. The van der Waals surface area contributed by atoms with Crippen LogP contribution in [0.3, 0.4) is 0 Å². The minimum Gasteiger partial charge on any atom is -0.229 e. The first-order valence-corrected chi connectivity index (χ1v) is 7.82. The van der Waals surface area contributed by atoms with Gasteiger partial charge in [0, 0.05) is 11.3 Å². The molecule has 2 rings (SSSR count). The second-order valence-corrected chi connectivity index (χ2v) is 8.10. The second-order valence-electron chi connectivity index (χ2n) is 4.12. The number of hydrogen-bond donors (Lipinski definition) is 0. The van der Waals surface area contributed by atoms with Crippen molar-refractivity contribution >= 4 is 32.8 Å². The molecule has 1 aromatic heterocycles. The molecule has 0 saturated carbocycles. The number of nitrogens with zero attached hydrogens (tertiary/aromatic N) is 1. The zero-order valence-corrected chi connectivity index (χ0v) is 10.8. The molecule has 0 amide bonds. The topological polar surface area (TPSA) is 57.9 Å². The Labute approximate surface area is 104 Å². The Morgan fingerprint density at radius 1 is 1.56 bits per heavy atom. The van der Waals surface area contributed by atoms with E-state index in [-0.39, 0.29) is 11.5 Å². The fraction of sp³-hybridized carbons (Fsp3) is 0.500. The molecule has 1 aliphatic heterocycles. The number of hydrogen-bond acceptors (Lipinski definition) is 4. The van der Waals surface area contributed by atoms with Crippen LogP contribution in [-0.4, -0.2) is 19.9 Å². The van der Waals surface area contributed by atoms with E-state index >= 15 is 0 Å². The molecule has 1 fully saturated rings. The van der Waals surface area contributed by atoms with E-state index in [0.717, 1.165) is 4.88 Å². The highest BCUT2D eigenvalue weighted by atomic mass is 35.5. The Balaban J connectivity index is 2.22. The normalized spacial score (nSPS) is 27.8. The molecule has 1 aromatic rings. The van der Waals surface area contributed by atoms with Crippen LogP contribution in [0.5, 0.6) is 0 Å². The van der Waals surface area contributed by atoms with E-state index < -0.39 is 15.3 Å². The van der Waals surface area contributed by atoms with Gasteiger partial charge in [-0.25, -0.2) is 8.42 Å². The standard InChI is InChI=1S/C10H10ClNO2S2/c11-9-2-1-8(15-9)5-10(6-12)3-4-16(13,14)7-10/h1-2H,3-5,7H2. The third-order valence-electron chi connectivity index (χ3n) is 2.77. The second kappa shape index (κ2) is 4.02. The fourth-order valence-electron chi connectivity index (χ4n) is 1.96. The quantitative estimate of drug-likeness (QED) is 0.832. The molecular formula is C10H10ClNO2S2. The molecule has 0 N–H and O–H groups in total. The predicted octanol–water partition coefficient (Wildman–Crippen LogP) is 2.27. The van der Waals surface area contributed by atoms with Crippen molar-refractivity contribution in [3.63, 3.8) is 0 Å². The molecule has 16 heavy (non-hydrogen) atoms. The highest BCUT2D eigenvalue weighted by Crippen LogP contribution is 2.37. The van der Waals surface area contributed by atoms with Crippen molar-refractivity contribution in [3.8, 4) is 6.07 Å². The highest BCUT2D eigenvalue weighted by molar-refractivity contribution is 7.91. The summed E-state index contributed by atoms with van der Waals surface area (Å²) < 4.78 is 23.5. The SMILES string of the molecule is N#CC1(Cc2ccc(Cl)s2)CCS(=O)(=O)C1. The van der Waals surface area contributed by atoms with Crippen LogP contribution in [0, 0.1) is 16.7 Å². The zero-order chi connectivity index (χ0) is 11.8. The summed E-state index contributed by atoms with van der Waals surface area (Å²) in [5, 5.41) is 9.17. The van der Waals surface area contributed by atoms with Crippen LogP contribution in [0.15, 0.2) is 12.1 Å². The average molecular weight is 276 g/mol. The summed E-state index contributed by atoms with van der Waals surface area (Å²) in [5.41, 5.74) is -0.743. The van der Waals surface area contributed by atoms with Gasteiger partial charge in [-0.05, 0) is 18.6 Å². The summed E-state index contributed by atoms with van der Waals surface area (Å²) in [6.07, 6.45) is 0.918. The average Bonchev–Trinajstić information content (AvgIpc) is 2.72. The molecule has 3 nitrogen and oxygen atoms in total. The maximum Gasteiger partial charge on any atom is 0.151 e. The first-order valence-electron chi connectivity index (χ1n) is 4.81. The zero-order valence-electron chi connectivity index (χ0n) is 8.44. The predicted molar refractivity (Wildman–Crippen MR) is 64.3 cm³/mol. The highest BCUT2D eigenvalue weighted by Gasteiger charge is 2.42. The Hall–Kier alpha value is -0.570. The van der Waals surface area contributed by atoms with Crippen LogP contribution in [0.1, 0.15) is 11.3 Å². The van der Waals surface area contributed by atoms with Crippen molar-refractivity contribution in [3.05, 3.63) is 21.3 Å². The Kier molecular flexibility index (Phi) is 2.99. The molecule has 6 heteroatoms. The minimum atomic E-state index is -3.03. The maximum absolute atomic E-state index is 11.4. The van der Waals surface area contributed by atoms with Gasteiger partial charge in [-0.1, -0.05) is 11.6 Å². The number of thiophene rings is 1. The molecule has 86 valence electrons. The van der Waals surface area contributed by atoms with Crippen LogP contribution < -0.4 is 0 Å². The van der Waals surface area contributed by atoms with E-state index in [1.54, 1.807) is 6.07 Å². The Bertz CT molecular complexity index is 543. The first-order chi connectivity index (χ1) is 7.45. The van der Waals surface area contributed by atoms with Crippen LogP contribution >= 0.6 is 22.9 Å². The van der Waals surface area contributed by atoms with Crippen LogP contribution in [0.4, 0.5) is 0 Å². The van der Waals surface area contributed by atoms with E-state index in [1.807, 2.05) is 6.07 Å². The van der Waals surface area contributed by atoms with Gasteiger partial charge in [0.25, 0.3) is 0 Å². The van der Waals surface area contributed by atoms with Gasteiger partial charge in [-0.3, -0.25) is 0 Å². The summed E-state index contributed by atoms with van der Waals surface area (Å²) in [6.45, 7) is 0. The van der Waals surface area contributed by atoms with Crippen molar-refractivity contribution in [2.75, 3.05) is 11.5 Å². The maximum atomic E-state index is 11.4. The summed E-state index contributed by atoms with van der Waals surface area (Å²) in [5.74, 6) is 0.103. The lowest BCUT2D eigenvalue weighted by molar-refractivity contribution is 0.455. The molecule has 0 aromatic carbocycles. The Morgan fingerprint density at radius 2 is 2.31 bits per heavy atom. The summed E-state index contributed by atoms with van der Waals surface area (Å²) >= 11 is 7.22. The molecule has 0 spiro atoms. The van der Waals surface area contributed by atoms with Gasteiger partial charge in [-0.2, -0.15) is 5.26 Å². The molecule has 0 aliphatic carbocycles. The van der Waals surface area contributed by atoms with Gasteiger partial charge < -0.3 is 0 Å². The minimum absolute atomic E-state index is 0.0218. The van der Waals surface area contributed by atoms with Crippen molar-refractivity contribution < 1.29 is 8.42 Å². The molecule has 1 saturated heterocycles. The van der Waals surface area contributed by atoms with Gasteiger partial charge in [0.1, 0.15) is 0 Å². The Morgan fingerprint density at radius 3 is 2.75 bits per heavy atom. The van der Waals surface area contributed by atoms with E-state index in [9.17, 15) is 13.7 Å². The third-order valence-corrected chi connectivity index (χ3v) is 5.82. The van der Waals surface area contributed by atoms with Crippen LogP contribution in [0.25, 0.3) is 0 Å². The molecule has 1 atom stereocenters. The van der Waals surface area contributed by atoms with Crippen molar-refractivity contribution in [1.82, 2.24) is 0 Å². The van der Waals surface area contributed by atoms with E-state index in [0.29, 0.717) is 17.2 Å². The molecular weight excluding hydrogens is 266 g/mol. The lowest BCUT2D eigenvalue weighted by Crippen LogP contribution is -2.22. The molecule has 1 unspecified atom stereocenters. The number of nitriles is 1.